The van der Waals surface area contributed by atoms with Crippen molar-refractivity contribution in [3.8, 4) is 0 Å². The van der Waals surface area contributed by atoms with Crippen molar-refractivity contribution < 1.29 is 4.79 Å². The number of nitrogens with zero attached hydrogens (tertiary/aromatic N) is 2. The summed E-state index contributed by atoms with van der Waals surface area (Å²) in [5.41, 5.74) is 1.85. The van der Waals surface area contributed by atoms with Gasteiger partial charge in [-0.25, -0.2) is 0 Å². The molecule has 0 saturated carbocycles. The topological polar surface area (TPSA) is 25.2 Å². The number of rotatable bonds is 2. The van der Waals surface area contributed by atoms with Gasteiger partial charge in [-0.3, -0.25) is 4.79 Å². The maximum atomic E-state index is 12.1. The molecule has 0 spiro atoms. The first-order valence-electron chi connectivity index (χ1n) is 5.54. The molecule has 0 aliphatic rings. The average molecular weight is 295 g/mol. The molecule has 0 unspecified atom stereocenters. The Kier molecular flexibility index (Phi) is 3.24. The van der Waals surface area contributed by atoms with Crippen molar-refractivity contribution in [2.75, 3.05) is 14.1 Å². The largest absolute Gasteiger partial charge is 0.347 e. The lowest BCUT2D eigenvalue weighted by atomic mass is 10.1. The van der Waals surface area contributed by atoms with Gasteiger partial charge in [-0.05, 0) is 19.1 Å². The highest BCUT2D eigenvalue weighted by Gasteiger charge is 2.15. The second kappa shape index (κ2) is 4.53. The number of hydrogen-bond acceptors (Lipinski definition) is 1. The van der Waals surface area contributed by atoms with Crippen LogP contribution in [0.1, 0.15) is 17.3 Å². The van der Waals surface area contributed by atoms with E-state index in [4.69, 9.17) is 0 Å². The summed E-state index contributed by atoms with van der Waals surface area (Å²) >= 11 is 3.46. The van der Waals surface area contributed by atoms with Crippen molar-refractivity contribution in [2.24, 2.45) is 0 Å². The molecule has 1 aromatic heterocycles. The third-order valence-electron chi connectivity index (χ3n) is 2.82. The quantitative estimate of drug-likeness (QED) is 0.835. The lowest BCUT2D eigenvalue weighted by Crippen LogP contribution is -2.21. The highest BCUT2D eigenvalue weighted by atomic mass is 79.9. The number of hydrogen-bond donors (Lipinski definition) is 0. The maximum absolute atomic E-state index is 12.1. The van der Waals surface area contributed by atoms with E-state index in [0.29, 0.717) is 0 Å². The molecule has 3 nitrogen and oxygen atoms in total. The summed E-state index contributed by atoms with van der Waals surface area (Å²) < 4.78 is 3.12. The van der Waals surface area contributed by atoms with Crippen LogP contribution in [0.3, 0.4) is 0 Å². The lowest BCUT2D eigenvalue weighted by molar-refractivity contribution is 0.0829. The van der Waals surface area contributed by atoms with Crippen molar-refractivity contribution in [3.63, 3.8) is 0 Å². The fraction of sp³-hybridized carbons (Fsp3) is 0.308. The smallest absolute Gasteiger partial charge is 0.255 e. The van der Waals surface area contributed by atoms with Gasteiger partial charge < -0.3 is 9.47 Å². The molecule has 1 aromatic carbocycles. The first-order valence-corrected chi connectivity index (χ1v) is 6.34. The van der Waals surface area contributed by atoms with Crippen LogP contribution in [-0.2, 0) is 6.54 Å². The van der Waals surface area contributed by atoms with Crippen LogP contribution in [0.4, 0.5) is 0 Å². The van der Waals surface area contributed by atoms with Crippen LogP contribution < -0.4 is 0 Å². The van der Waals surface area contributed by atoms with Gasteiger partial charge in [0.2, 0.25) is 0 Å². The lowest BCUT2D eigenvalue weighted by Gasteiger charge is -2.08. The van der Waals surface area contributed by atoms with E-state index in [2.05, 4.69) is 27.4 Å². The fourth-order valence-corrected chi connectivity index (χ4v) is 2.29. The highest BCUT2D eigenvalue weighted by Crippen LogP contribution is 2.25. The van der Waals surface area contributed by atoms with Gasteiger partial charge in [-0.1, -0.05) is 22.0 Å². The van der Waals surface area contributed by atoms with Gasteiger partial charge in [0.05, 0.1) is 5.56 Å². The Morgan fingerprint density at radius 1 is 1.41 bits per heavy atom. The molecule has 2 aromatic rings. The molecule has 17 heavy (non-hydrogen) atoms. The molecule has 1 heterocycles. The van der Waals surface area contributed by atoms with Crippen LogP contribution in [0.2, 0.25) is 0 Å². The zero-order valence-electron chi connectivity index (χ0n) is 10.2. The van der Waals surface area contributed by atoms with Gasteiger partial charge in [-0.2, -0.15) is 0 Å². The Morgan fingerprint density at radius 2 is 2.12 bits per heavy atom. The number of aryl methyl sites for hydroxylation is 1. The minimum Gasteiger partial charge on any atom is -0.347 e. The monoisotopic (exact) mass is 294 g/mol. The van der Waals surface area contributed by atoms with Gasteiger partial charge in [0, 0.05) is 42.2 Å². The first-order chi connectivity index (χ1) is 8.04. The van der Waals surface area contributed by atoms with E-state index in [1.807, 2.05) is 24.4 Å². The van der Waals surface area contributed by atoms with E-state index in [1.54, 1.807) is 19.0 Å². The summed E-state index contributed by atoms with van der Waals surface area (Å²) in [4.78, 5) is 13.7. The van der Waals surface area contributed by atoms with Gasteiger partial charge in [-0.15, -0.1) is 0 Å². The normalized spacial score (nSPS) is 10.8. The van der Waals surface area contributed by atoms with Crippen LogP contribution in [0.5, 0.6) is 0 Å². The van der Waals surface area contributed by atoms with E-state index in [9.17, 15) is 4.79 Å². The molecular formula is C13H15BrN2O. The predicted molar refractivity (Wildman–Crippen MR) is 73.3 cm³/mol. The van der Waals surface area contributed by atoms with Gasteiger partial charge in [0.1, 0.15) is 0 Å². The third kappa shape index (κ3) is 2.09. The number of carbonyl (C=O) groups is 1. The van der Waals surface area contributed by atoms with Crippen molar-refractivity contribution in [1.29, 1.82) is 0 Å². The number of halogens is 1. The molecule has 4 heteroatoms. The standard InChI is InChI=1S/C13H15BrN2O/c1-4-16-8-11(13(17)15(2)3)10-6-5-9(14)7-12(10)16/h5-8H,4H2,1-3H3. The van der Waals surface area contributed by atoms with E-state index in [0.717, 1.165) is 27.5 Å². The van der Waals surface area contributed by atoms with E-state index >= 15 is 0 Å². The van der Waals surface area contributed by atoms with Gasteiger partial charge >= 0.3 is 0 Å². The number of aromatic nitrogens is 1. The molecule has 90 valence electrons. The van der Waals surface area contributed by atoms with Crippen molar-refractivity contribution in [3.05, 3.63) is 34.4 Å². The highest BCUT2D eigenvalue weighted by molar-refractivity contribution is 9.10. The number of carbonyl (C=O) groups excluding carboxylic acids is 1. The summed E-state index contributed by atoms with van der Waals surface area (Å²) in [6.45, 7) is 2.93. The minimum absolute atomic E-state index is 0.0459. The minimum atomic E-state index is 0.0459. The molecule has 0 N–H and O–H groups in total. The van der Waals surface area contributed by atoms with Crippen LogP contribution in [0.15, 0.2) is 28.9 Å². The van der Waals surface area contributed by atoms with Crippen LogP contribution in [-0.4, -0.2) is 29.5 Å². The molecule has 2 rings (SSSR count). The molecule has 1 amide bonds. The third-order valence-corrected chi connectivity index (χ3v) is 3.31. The second-order valence-electron chi connectivity index (χ2n) is 4.19. The zero-order chi connectivity index (χ0) is 12.6. The summed E-state index contributed by atoms with van der Waals surface area (Å²) in [5.74, 6) is 0.0459. The SMILES string of the molecule is CCn1cc(C(=O)N(C)C)c2ccc(Br)cc21. The summed E-state index contributed by atoms with van der Waals surface area (Å²) in [5, 5.41) is 1.01. The molecule has 0 bridgehead atoms. The molecule has 0 aliphatic heterocycles. The van der Waals surface area contributed by atoms with Crippen molar-refractivity contribution in [1.82, 2.24) is 9.47 Å². The van der Waals surface area contributed by atoms with Crippen LogP contribution in [0.25, 0.3) is 10.9 Å². The van der Waals surface area contributed by atoms with Gasteiger partial charge in [0.25, 0.3) is 5.91 Å². The summed E-state index contributed by atoms with van der Waals surface area (Å²) in [6, 6.07) is 6.00. The Hall–Kier alpha value is -1.29. The van der Waals surface area contributed by atoms with Crippen molar-refractivity contribution in [2.45, 2.75) is 13.5 Å². The van der Waals surface area contributed by atoms with Crippen LogP contribution >= 0.6 is 15.9 Å². The Morgan fingerprint density at radius 3 is 2.71 bits per heavy atom. The molecular weight excluding hydrogens is 280 g/mol. The fourth-order valence-electron chi connectivity index (χ4n) is 1.94. The second-order valence-corrected chi connectivity index (χ2v) is 5.11. The number of fused-ring (bicyclic) bond motifs is 1. The molecule has 0 aliphatic carbocycles. The molecule has 0 saturated heterocycles. The molecule has 0 radical (unpaired) electrons. The van der Waals surface area contributed by atoms with Gasteiger partial charge in [0.15, 0.2) is 0 Å². The van der Waals surface area contributed by atoms with E-state index in [-0.39, 0.29) is 5.91 Å². The Labute approximate surface area is 109 Å². The summed E-state index contributed by atoms with van der Waals surface area (Å²) in [7, 11) is 3.55. The first kappa shape index (κ1) is 12.2. The predicted octanol–water partition coefficient (Wildman–Crippen LogP) is 3.13. The zero-order valence-corrected chi connectivity index (χ0v) is 11.8. The van der Waals surface area contributed by atoms with E-state index in [1.165, 1.54) is 0 Å². The number of amides is 1. The average Bonchev–Trinajstić information content (AvgIpc) is 2.65. The Balaban J connectivity index is 2.69. The van der Waals surface area contributed by atoms with Crippen molar-refractivity contribution >= 4 is 32.7 Å². The maximum Gasteiger partial charge on any atom is 0.255 e. The number of benzene rings is 1. The Bertz CT molecular complexity index is 572. The molecule has 0 atom stereocenters. The van der Waals surface area contributed by atoms with Crippen LogP contribution in [0, 0.1) is 0 Å². The summed E-state index contributed by atoms with van der Waals surface area (Å²) in [6.07, 6.45) is 1.93. The van der Waals surface area contributed by atoms with E-state index < -0.39 is 0 Å². The molecule has 0 fully saturated rings.